The van der Waals surface area contributed by atoms with Crippen molar-refractivity contribution in [3.63, 3.8) is 0 Å². The van der Waals surface area contributed by atoms with E-state index in [1.807, 2.05) is 0 Å². The molecule has 2 aromatic heterocycles. The first-order chi connectivity index (χ1) is 10.1. The van der Waals surface area contributed by atoms with Crippen LogP contribution in [0.2, 0.25) is 0 Å². The van der Waals surface area contributed by atoms with E-state index in [0.29, 0.717) is 12.3 Å². The number of rotatable bonds is 4. The fraction of sp³-hybridized carbons (Fsp3) is 0.0667. The molecule has 0 aliphatic rings. The highest BCUT2D eigenvalue weighted by Crippen LogP contribution is 2.23. The first-order valence-corrected chi connectivity index (χ1v) is 6.22. The van der Waals surface area contributed by atoms with Crippen LogP contribution in [-0.2, 0) is 6.54 Å². The van der Waals surface area contributed by atoms with Crippen molar-refractivity contribution in [1.29, 1.82) is 0 Å². The normalized spacial score (nSPS) is 10.7. The minimum Gasteiger partial charge on any atom is -0.478 e. The molecule has 0 fully saturated rings. The van der Waals surface area contributed by atoms with Crippen LogP contribution in [0.3, 0.4) is 0 Å². The van der Waals surface area contributed by atoms with Crippen LogP contribution < -0.4 is 0 Å². The summed E-state index contributed by atoms with van der Waals surface area (Å²) in [6.45, 7) is 0.348. The van der Waals surface area contributed by atoms with Gasteiger partial charge in [0.2, 0.25) is 0 Å². The summed E-state index contributed by atoms with van der Waals surface area (Å²) in [6.07, 6.45) is 2.89. The lowest BCUT2D eigenvalue weighted by Crippen LogP contribution is -2.00. The van der Waals surface area contributed by atoms with Gasteiger partial charge in [-0.05, 0) is 29.8 Å². The van der Waals surface area contributed by atoms with Crippen LogP contribution in [0, 0.1) is 5.82 Å². The topological polar surface area (TPSA) is 68.3 Å². The van der Waals surface area contributed by atoms with Crippen molar-refractivity contribution in [2.75, 3.05) is 0 Å². The van der Waals surface area contributed by atoms with Crippen molar-refractivity contribution in [2.45, 2.75) is 6.54 Å². The Hall–Kier alpha value is -2.89. The van der Waals surface area contributed by atoms with Gasteiger partial charge in [0.1, 0.15) is 17.1 Å². The van der Waals surface area contributed by atoms with Gasteiger partial charge >= 0.3 is 5.97 Å². The largest absolute Gasteiger partial charge is 0.478 e. The molecule has 0 bridgehead atoms. The Kier molecular flexibility index (Phi) is 3.27. The van der Waals surface area contributed by atoms with Crippen LogP contribution in [0.5, 0.6) is 0 Å². The van der Waals surface area contributed by atoms with Gasteiger partial charge in [-0.3, -0.25) is 4.68 Å². The zero-order valence-electron chi connectivity index (χ0n) is 10.9. The van der Waals surface area contributed by atoms with Gasteiger partial charge in [-0.1, -0.05) is 12.1 Å². The predicted octanol–water partition coefficient (Wildman–Crippen LogP) is 3.03. The van der Waals surface area contributed by atoms with E-state index in [1.54, 1.807) is 24.3 Å². The summed E-state index contributed by atoms with van der Waals surface area (Å²) in [6, 6.07) is 9.28. The monoisotopic (exact) mass is 286 g/mol. The van der Waals surface area contributed by atoms with E-state index < -0.39 is 5.97 Å². The summed E-state index contributed by atoms with van der Waals surface area (Å²) in [5.74, 6) is -1.00. The van der Waals surface area contributed by atoms with Gasteiger partial charge in [-0.15, -0.1) is 0 Å². The number of hydrogen-bond donors (Lipinski definition) is 1. The van der Waals surface area contributed by atoms with E-state index >= 15 is 0 Å². The number of carbonyl (C=O) groups is 1. The van der Waals surface area contributed by atoms with Gasteiger partial charge in [0, 0.05) is 6.20 Å². The summed E-state index contributed by atoms with van der Waals surface area (Å²) in [4.78, 5) is 11.3. The van der Waals surface area contributed by atoms with Crippen LogP contribution in [-0.4, -0.2) is 20.9 Å². The molecule has 0 saturated heterocycles. The van der Waals surface area contributed by atoms with Crippen molar-refractivity contribution in [2.24, 2.45) is 0 Å². The molecule has 0 aliphatic heterocycles. The quantitative estimate of drug-likeness (QED) is 0.800. The zero-order valence-corrected chi connectivity index (χ0v) is 10.9. The summed E-state index contributed by atoms with van der Waals surface area (Å²) >= 11 is 0. The molecule has 5 nitrogen and oxygen atoms in total. The smallest absolute Gasteiger partial charge is 0.339 e. The minimum absolute atomic E-state index is 0.0621. The van der Waals surface area contributed by atoms with Crippen molar-refractivity contribution >= 4 is 5.97 Å². The van der Waals surface area contributed by atoms with E-state index in [0.717, 1.165) is 5.56 Å². The molecule has 0 atom stereocenters. The third-order valence-corrected chi connectivity index (χ3v) is 3.00. The number of carboxylic acid groups (broad SMARTS) is 1. The maximum Gasteiger partial charge on any atom is 0.339 e. The maximum atomic E-state index is 12.9. The molecule has 2 heterocycles. The highest BCUT2D eigenvalue weighted by Gasteiger charge is 2.19. The van der Waals surface area contributed by atoms with Crippen LogP contribution in [0.15, 0.2) is 53.3 Å². The molecule has 106 valence electrons. The zero-order chi connectivity index (χ0) is 14.8. The van der Waals surface area contributed by atoms with Crippen molar-refractivity contribution in [3.8, 4) is 11.5 Å². The van der Waals surface area contributed by atoms with Crippen LogP contribution in [0.1, 0.15) is 15.9 Å². The highest BCUT2D eigenvalue weighted by molar-refractivity contribution is 5.93. The second kappa shape index (κ2) is 5.24. The second-order valence-corrected chi connectivity index (χ2v) is 4.50. The molecule has 0 aliphatic carbocycles. The third-order valence-electron chi connectivity index (χ3n) is 3.00. The number of hydrogen-bond acceptors (Lipinski definition) is 3. The van der Waals surface area contributed by atoms with Crippen molar-refractivity contribution < 1.29 is 18.7 Å². The van der Waals surface area contributed by atoms with Gasteiger partial charge in [0.15, 0.2) is 5.76 Å². The van der Waals surface area contributed by atoms with Crippen LogP contribution in [0.4, 0.5) is 4.39 Å². The van der Waals surface area contributed by atoms with Gasteiger partial charge < -0.3 is 9.52 Å². The molecule has 0 saturated carbocycles. The summed E-state index contributed by atoms with van der Waals surface area (Å²) < 4.78 is 19.6. The Morgan fingerprint density at radius 2 is 2.05 bits per heavy atom. The van der Waals surface area contributed by atoms with Gasteiger partial charge in [-0.25, -0.2) is 9.18 Å². The fourth-order valence-electron chi connectivity index (χ4n) is 2.03. The number of nitrogens with zero attached hydrogens (tertiary/aromatic N) is 2. The third kappa shape index (κ3) is 2.69. The molecule has 0 unspecified atom stereocenters. The maximum absolute atomic E-state index is 12.9. The number of carboxylic acids is 1. The Morgan fingerprint density at radius 3 is 2.67 bits per heavy atom. The molecular weight excluding hydrogens is 275 g/mol. The SMILES string of the molecule is O=C(O)c1cn(Cc2ccc(F)cc2)nc1-c1ccco1. The van der Waals surface area contributed by atoms with Crippen molar-refractivity contribution in [3.05, 3.63) is 65.8 Å². The standard InChI is InChI=1S/C15H11FN2O3/c16-11-5-3-10(4-6-11)8-18-9-12(15(19)20)14(17-18)13-2-1-7-21-13/h1-7,9H,8H2,(H,19,20). The van der Waals surface area contributed by atoms with Crippen molar-refractivity contribution in [1.82, 2.24) is 9.78 Å². The Morgan fingerprint density at radius 1 is 1.29 bits per heavy atom. The van der Waals surface area contributed by atoms with E-state index in [9.17, 15) is 14.3 Å². The predicted molar refractivity (Wildman–Crippen MR) is 72.4 cm³/mol. The van der Waals surface area contributed by atoms with Crippen LogP contribution in [0.25, 0.3) is 11.5 Å². The molecule has 1 N–H and O–H groups in total. The summed E-state index contributed by atoms with van der Waals surface area (Å²) in [5.41, 5.74) is 1.16. The molecule has 6 heteroatoms. The van der Waals surface area contributed by atoms with Gasteiger partial charge in [0.05, 0.1) is 12.8 Å². The molecule has 3 aromatic rings. The lowest BCUT2D eigenvalue weighted by Gasteiger charge is -2.01. The van der Waals surface area contributed by atoms with Gasteiger partial charge in [0.25, 0.3) is 0 Å². The summed E-state index contributed by atoms with van der Waals surface area (Å²) in [5, 5.41) is 13.5. The molecule has 0 spiro atoms. The molecule has 1 aromatic carbocycles. The fourth-order valence-corrected chi connectivity index (χ4v) is 2.03. The number of benzene rings is 1. The molecule has 21 heavy (non-hydrogen) atoms. The molecule has 3 rings (SSSR count). The number of aromatic nitrogens is 2. The average molecular weight is 286 g/mol. The Balaban J connectivity index is 1.95. The number of aromatic carboxylic acids is 1. The molecule has 0 radical (unpaired) electrons. The molecule has 0 amide bonds. The molecular formula is C15H11FN2O3. The lowest BCUT2D eigenvalue weighted by molar-refractivity contribution is 0.0697. The number of halogens is 1. The van der Waals surface area contributed by atoms with E-state index in [1.165, 1.54) is 29.3 Å². The van der Waals surface area contributed by atoms with E-state index in [2.05, 4.69) is 5.10 Å². The van der Waals surface area contributed by atoms with Gasteiger partial charge in [-0.2, -0.15) is 5.10 Å². The minimum atomic E-state index is -1.08. The average Bonchev–Trinajstić information content (AvgIpc) is 3.10. The Labute approximate surface area is 119 Å². The first kappa shape index (κ1) is 13.1. The van der Waals surface area contributed by atoms with E-state index in [4.69, 9.17) is 4.42 Å². The Bertz CT molecular complexity index is 761. The number of furan rings is 1. The summed E-state index contributed by atoms with van der Waals surface area (Å²) in [7, 11) is 0. The highest BCUT2D eigenvalue weighted by atomic mass is 19.1. The van der Waals surface area contributed by atoms with E-state index in [-0.39, 0.29) is 17.1 Å². The lowest BCUT2D eigenvalue weighted by atomic mass is 10.2. The first-order valence-electron chi connectivity index (χ1n) is 6.22. The van der Waals surface area contributed by atoms with Crippen LogP contribution >= 0.6 is 0 Å². The second-order valence-electron chi connectivity index (χ2n) is 4.50.